The van der Waals surface area contributed by atoms with E-state index < -0.39 is 5.97 Å². The molecule has 14 heavy (non-hydrogen) atoms. The summed E-state index contributed by atoms with van der Waals surface area (Å²) in [5.41, 5.74) is -0.361. The van der Waals surface area contributed by atoms with Crippen LogP contribution in [0.25, 0.3) is 0 Å². The van der Waals surface area contributed by atoms with Crippen LogP contribution >= 0.6 is 0 Å². The highest BCUT2D eigenvalue weighted by Gasteiger charge is 2.05. The summed E-state index contributed by atoms with van der Waals surface area (Å²) in [4.78, 5) is 29.7. The molecule has 1 heterocycles. The number of aromatic amines is 1. The zero-order valence-corrected chi connectivity index (χ0v) is 8.20. The third-order valence-electron chi connectivity index (χ3n) is 1.38. The van der Waals surface area contributed by atoms with Crippen LogP contribution in [0.5, 0.6) is 5.88 Å². The third-order valence-corrected chi connectivity index (χ3v) is 1.38. The molecular formula is C8H11N3O3. The van der Waals surface area contributed by atoms with Gasteiger partial charge in [0.1, 0.15) is 0 Å². The molecule has 0 spiro atoms. The number of nitrogens with one attached hydrogen (secondary N) is 1. The van der Waals surface area contributed by atoms with Gasteiger partial charge in [0.15, 0.2) is 0 Å². The largest absolute Gasteiger partial charge is 0.407 e. The van der Waals surface area contributed by atoms with Crippen LogP contribution in [0.1, 0.15) is 6.92 Å². The maximum atomic E-state index is 11.1. The molecule has 0 aromatic carbocycles. The van der Waals surface area contributed by atoms with E-state index >= 15 is 0 Å². The summed E-state index contributed by atoms with van der Waals surface area (Å²) in [7, 11) is 3.44. The van der Waals surface area contributed by atoms with Crippen molar-refractivity contribution in [2.45, 2.75) is 6.92 Å². The Labute approximate surface area is 80.5 Å². The first kappa shape index (κ1) is 10.2. The first-order valence-corrected chi connectivity index (χ1v) is 3.96. The van der Waals surface area contributed by atoms with Gasteiger partial charge >= 0.3 is 5.97 Å². The van der Waals surface area contributed by atoms with Gasteiger partial charge in [-0.25, -0.2) is 0 Å². The maximum Gasteiger partial charge on any atom is 0.309 e. The highest BCUT2D eigenvalue weighted by Crippen LogP contribution is 2.07. The summed E-state index contributed by atoms with van der Waals surface area (Å²) in [5.74, 6) is -0.161. The van der Waals surface area contributed by atoms with Crippen LogP contribution in [0.2, 0.25) is 0 Å². The van der Waals surface area contributed by atoms with Gasteiger partial charge in [-0.15, -0.1) is 0 Å². The molecule has 0 amide bonds. The smallest absolute Gasteiger partial charge is 0.309 e. The second-order valence-electron chi connectivity index (χ2n) is 2.90. The predicted octanol–water partition coefficient (Wildman–Crippen LogP) is -0.239. The molecule has 0 aliphatic heterocycles. The average molecular weight is 197 g/mol. The summed E-state index contributed by atoms with van der Waals surface area (Å²) in [6, 6.07) is 1.12. The lowest BCUT2D eigenvalue weighted by Crippen LogP contribution is -2.19. The topological polar surface area (TPSA) is 75.3 Å². The van der Waals surface area contributed by atoms with Crippen molar-refractivity contribution >= 4 is 11.9 Å². The number of anilines is 1. The normalized spacial score (nSPS) is 9.64. The van der Waals surface area contributed by atoms with Crippen molar-refractivity contribution in [2.75, 3.05) is 19.0 Å². The number of H-pyrrole nitrogens is 1. The van der Waals surface area contributed by atoms with Crippen LogP contribution in [0.4, 0.5) is 5.95 Å². The molecule has 0 saturated heterocycles. The highest BCUT2D eigenvalue weighted by molar-refractivity contribution is 5.68. The number of carbonyl (C=O) groups is 1. The number of carbonyl (C=O) groups excluding carboxylic acids is 1. The molecule has 76 valence electrons. The summed E-state index contributed by atoms with van der Waals surface area (Å²) < 4.78 is 4.69. The fraction of sp³-hybridized carbons (Fsp3) is 0.375. The van der Waals surface area contributed by atoms with E-state index in [0.29, 0.717) is 5.95 Å². The Morgan fingerprint density at radius 2 is 2.21 bits per heavy atom. The first-order chi connectivity index (χ1) is 6.49. The summed E-state index contributed by atoms with van der Waals surface area (Å²) in [5, 5.41) is 0. The molecule has 1 aromatic rings. The van der Waals surface area contributed by atoms with E-state index in [9.17, 15) is 9.59 Å². The second kappa shape index (κ2) is 3.91. The van der Waals surface area contributed by atoms with Gasteiger partial charge in [-0.05, 0) is 0 Å². The standard InChI is InChI=1S/C8H11N3O3/c1-5(12)14-7-4-6(13)9-8(10-7)11(2)3/h4H,1-3H3,(H,9,10,13). The lowest BCUT2D eigenvalue weighted by Gasteiger charge is -2.10. The number of nitrogens with zero attached hydrogens (tertiary/aromatic N) is 2. The van der Waals surface area contributed by atoms with Gasteiger partial charge in [-0.2, -0.15) is 4.98 Å². The molecule has 0 aliphatic carbocycles. The molecule has 6 nitrogen and oxygen atoms in total. The van der Waals surface area contributed by atoms with Gasteiger partial charge in [0.05, 0.1) is 6.07 Å². The van der Waals surface area contributed by atoms with Crippen molar-refractivity contribution in [3.05, 3.63) is 16.4 Å². The summed E-state index contributed by atoms with van der Waals surface area (Å²) in [6.07, 6.45) is 0. The van der Waals surface area contributed by atoms with Crippen molar-refractivity contribution in [3.8, 4) is 5.88 Å². The molecule has 0 atom stereocenters. The van der Waals surface area contributed by atoms with Crippen molar-refractivity contribution in [1.82, 2.24) is 9.97 Å². The van der Waals surface area contributed by atoms with E-state index in [1.165, 1.54) is 6.92 Å². The number of ether oxygens (including phenoxy) is 1. The fourth-order valence-corrected chi connectivity index (χ4v) is 0.834. The Kier molecular flexibility index (Phi) is 2.85. The number of rotatable bonds is 2. The fourth-order valence-electron chi connectivity index (χ4n) is 0.834. The van der Waals surface area contributed by atoms with Gasteiger partial charge in [-0.3, -0.25) is 14.6 Å². The van der Waals surface area contributed by atoms with E-state index in [4.69, 9.17) is 0 Å². The minimum atomic E-state index is -0.507. The number of hydrogen-bond donors (Lipinski definition) is 1. The molecular weight excluding hydrogens is 186 g/mol. The molecule has 1 N–H and O–H groups in total. The quantitative estimate of drug-likeness (QED) is 0.662. The van der Waals surface area contributed by atoms with Gasteiger partial charge in [0, 0.05) is 21.0 Å². The van der Waals surface area contributed by atoms with Crippen LogP contribution in [-0.4, -0.2) is 30.0 Å². The minimum absolute atomic E-state index is 0.00458. The van der Waals surface area contributed by atoms with E-state index in [-0.39, 0.29) is 11.4 Å². The van der Waals surface area contributed by atoms with Crippen LogP contribution < -0.4 is 15.2 Å². The third kappa shape index (κ3) is 2.58. The Morgan fingerprint density at radius 3 is 2.71 bits per heavy atom. The Hall–Kier alpha value is -1.85. The van der Waals surface area contributed by atoms with Crippen molar-refractivity contribution in [1.29, 1.82) is 0 Å². The maximum absolute atomic E-state index is 11.1. The molecule has 0 radical (unpaired) electrons. The molecule has 0 fully saturated rings. The Balaban J connectivity index is 3.07. The van der Waals surface area contributed by atoms with E-state index in [1.807, 2.05) is 0 Å². The second-order valence-corrected chi connectivity index (χ2v) is 2.90. The zero-order valence-electron chi connectivity index (χ0n) is 8.20. The summed E-state index contributed by atoms with van der Waals surface area (Å²) in [6.45, 7) is 1.25. The van der Waals surface area contributed by atoms with E-state index in [2.05, 4.69) is 14.7 Å². The zero-order chi connectivity index (χ0) is 10.7. The van der Waals surface area contributed by atoms with Crippen LogP contribution in [0.3, 0.4) is 0 Å². The average Bonchev–Trinajstić information content (AvgIpc) is 2.01. The molecule has 1 rings (SSSR count). The number of aromatic nitrogens is 2. The van der Waals surface area contributed by atoms with E-state index in [1.54, 1.807) is 19.0 Å². The van der Waals surface area contributed by atoms with Crippen molar-refractivity contribution in [3.63, 3.8) is 0 Å². The van der Waals surface area contributed by atoms with Crippen LogP contribution in [-0.2, 0) is 4.79 Å². The SMILES string of the molecule is CC(=O)Oc1cc(=O)[nH]c(N(C)C)n1. The van der Waals surface area contributed by atoms with Gasteiger partial charge in [0.2, 0.25) is 11.8 Å². The van der Waals surface area contributed by atoms with Gasteiger partial charge in [0.25, 0.3) is 5.56 Å². The lowest BCUT2D eigenvalue weighted by molar-refractivity contribution is -0.132. The Morgan fingerprint density at radius 1 is 1.57 bits per heavy atom. The molecule has 0 saturated carbocycles. The number of hydrogen-bond acceptors (Lipinski definition) is 5. The van der Waals surface area contributed by atoms with Crippen molar-refractivity contribution in [2.24, 2.45) is 0 Å². The predicted molar refractivity (Wildman–Crippen MR) is 50.5 cm³/mol. The molecule has 6 heteroatoms. The molecule has 1 aromatic heterocycles. The molecule has 0 unspecified atom stereocenters. The number of esters is 1. The Bertz CT molecular complexity index is 397. The molecule has 0 bridgehead atoms. The minimum Gasteiger partial charge on any atom is -0.407 e. The van der Waals surface area contributed by atoms with Crippen molar-refractivity contribution < 1.29 is 9.53 Å². The summed E-state index contributed by atoms with van der Waals surface area (Å²) >= 11 is 0. The monoisotopic (exact) mass is 197 g/mol. The van der Waals surface area contributed by atoms with E-state index in [0.717, 1.165) is 6.07 Å². The van der Waals surface area contributed by atoms with Gasteiger partial charge in [-0.1, -0.05) is 0 Å². The van der Waals surface area contributed by atoms with Crippen LogP contribution in [0.15, 0.2) is 10.9 Å². The lowest BCUT2D eigenvalue weighted by atomic mass is 10.6. The highest BCUT2D eigenvalue weighted by atomic mass is 16.5. The first-order valence-electron chi connectivity index (χ1n) is 3.96. The van der Waals surface area contributed by atoms with Crippen LogP contribution in [0, 0.1) is 0 Å². The molecule has 0 aliphatic rings. The van der Waals surface area contributed by atoms with Gasteiger partial charge < -0.3 is 9.64 Å².